The van der Waals surface area contributed by atoms with Gasteiger partial charge in [0.2, 0.25) is 0 Å². The lowest BCUT2D eigenvalue weighted by molar-refractivity contribution is 0.0702. The number of aromatic carboxylic acids is 1. The van der Waals surface area contributed by atoms with E-state index in [-0.39, 0.29) is 10.7 Å². The molecule has 0 saturated heterocycles. The molecule has 68 valence electrons. The van der Waals surface area contributed by atoms with Gasteiger partial charge in [-0.05, 0) is 0 Å². The minimum Gasteiger partial charge on any atom is -0.477 e. The third-order valence-electron chi connectivity index (χ3n) is 2.02. The van der Waals surface area contributed by atoms with Crippen LogP contribution in [0.5, 0.6) is 0 Å². The number of Topliss-reactive ketones (excluding diaryl/α,β-unsaturated/α-hetero) is 1. The second kappa shape index (κ2) is 2.56. The molecule has 0 bridgehead atoms. The summed E-state index contributed by atoms with van der Waals surface area (Å²) in [6.07, 6.45) is 0. The number of thiophene rings is 1. The maximum Gasteiger partial charge on any atom is 0.348 e. The highest BCUT2D eigenvalue weighted by molar-refractivity contribution is 7.13. The monoisotopic (exact) mass is 197 g/mol. The first-order valence-electron chi connectivity index (χ1n) is 3.70. The summed E-state index contributed by atoms with van der Waals surface area (Å²) < 4.78 is 0. The summed E-state index contributed by atoms with van der Waals surface area (Å²) in [6.45, 7) is 0.290. The van der Waals surface area contributed by atoms with Crippen molar-refractivity contribution in [1.29, 1.82) is 0 Å². The molecule has 2 heterocycles. The van der Waals surface area contributed by atoms with Crippen molar-refractivity contribution in [2.24, 2.45) is 0 Å². The van der Waals surface area contributed by atoms with Crippen LogP contribution in [0.2, 0.25) is 0 Å². The van der Waals surface area contributed by atoms with Crippen molar-refractivity contribution in [3.05, 3.63) is 15.8 Å². The molecule has 1 aliphatic rings. The van der Waals surface area contributed by atoms with Gasteiger partial charge in [-0.2, -0.15) is 0 Å². The third kappa shape index (κ3) is 1.04. The van der Waals surface area contributed by atoms with Crippen LogP contribution < -0.4 is 4.90 Å². The van der Waals surface area contributed by atoms with Crippen molar-refractivity contribution in [2.75, 3.05) is 18.5 Å². The minimum absolute atomic E-state index is 0.00116. The Morgan fingerprint density at radius 3 is 3.00 bits per heavy atom. The van der Waals surface area contributed by atoms with Gasteiger partial charge in [-0.3, -0.25) is 4.79 Å². The first-order valence-corrected chi connectivity index (χ1v) is 4.58. The number of hydrogen-bond donors (Lipinski definition) is 1. The highest BCUT2D eigenvalue weighted by Gasteiger charge is 2.30. The molecule has 1 N–H and O–H groups in total. The smallest absolute Gasteiger partial charge is 0.348 e. The minimum atomic E-state index is -0.965. The van der Waals surface area contributed by atoms with Gasteiger partial charge in [0.05, 0.1) is 17.8 Å². The van der Waals surface area contributed by atoms with Crippen LogP contribution in [-0.2, 0) is 0 Å². The van der Waals surface area contributed by atoms with Crippen LogP contribution in [0.4, 0.5) is 5.69 Å². The number of nitrogens with zero attached hydrogens (tertiary/aromatic N) is 1. The molecule has 0 aliphatic carbocycles. The quantitative estimate of drug-likeness (QED) is 0.731. The maximum atomic E-state index is 11.3. The summed E-state index contributed by atoms with van der Waals surface area (Å²) in [6, 6.07) is 0. The molecular formula is C8H7NO3S. The lowest BCUT2D eigenvalue weighted by Gasteiger charge is -2.09. The number of carbonyl (C=O) groups is 2. The van der Waals surface area contributed by atoms with Gasteiger partial charge >= 0.3 is 5.97 Å². The van der Waals surface area contributed by atoms with Crippen LogP contribution in [0.15, 0.2) is 5.38 Å². The van der Waals surface area contributed by atoms with Crippen molar-refractivity contribution < 1.29 is 14.7 Å². The summed E-state index contributed by atoms with van der Waals surface area (Å²) >= 11 is 1.11. The van der Waals surface area contributed by atoms with E-state index in [1.54, 1.807) is 17.3 Å². The molecule has 0 aromatic carbocycles. The third-order valence-corrected chi connectivity index (χ3v) is 2.98. The van der Waals surface area contributed by atoms with Crippen molar-refractivity contribution in [3.8, 4) is 0 Å². The molecule has 1 aliphatic heterocycles. The van der Waals surface area contributed by atoms with Gasteiger partial charge in [0, 0.05) is 12.4 Å². The van der Waals surface area contributed by atoms with Gasteiger partial charge in [0.1, 0.15) is 4.88 Å². The fourth-order valence-corrected chi connectivity index (χ4v) is 2.42. The van der Waals surface area contributed by atoms with E-state index in [0.29, 0.717) is 17.8 Å². The summed E-state index contributed by atoms with van der Waals surface area (Å²) in [5, 5.41) is 10.4. The molecule has 0 saturated carbocycles. The Balaban J connectivity index is 2.60. The summed E-state index contributed by atoms with van der Waals surface area (Å²) in [7, 11) is 1.73. The van der Waals surface area contributed by atoms with E-state index in [9.17, 15) is 9.59 Å². The van der Waals surface area contributed by atoms with Crippen molar-refractivity contribution in [3.63, 3.8) is 0 Å². The normalized spacial score (nSPS) is 14.8. The highest BCUT2D eigenvalue weighted by atomic mass is 32.1. The summed E-state index contributed by atoms with van der Waals surface area (Å²) in [5.74, 6) is -0.964. The molecule has 1 aromatic rings. The molecule has 0 amide bonds. The highest BCUT2D eigenvalue weighted by Crippen LogP contribution is 2.35. The number of carbonyl (C=O) groups excluding carboxylic acids is 1. The number of hydrogen-bond acceptors (Lipinski definition) is 4. The van der Waals surface area contributed by atoms with Gasteiger partial charge in [0.15, 0.2) is 5.78 Å². The molecule has 0 radical (unpaired) electrons. The molecule has 5 heteroatoms. The second-order valence-corrected chi connectivity index (χ2v) is 3.79. The van der Waals surface area contributed by atoms with Crippen LogP contribution in [0.3, 0.4) is 0 Å². The van der Waals surface area contributed by atoms with Crippen molar-refractivity contribution >= 4 is 28.8 Å². The first-order chi connectivity index (χ1) is 6.11. The molecule has 1 aromatic heterocycles. The Morgan fingerprint density at radius 2 is 2.38 bits per heavy atom. The number of rotatable bonds is 1. The van der Waals surface area contributed by atoms with E-state index in [4.69, 9.17) is 5.11 Å². The predicted octanol–water partition coefficient (Wildman–Crippen LogP) is 1.08. The second-order valence-electron chi connectivity index (χ2n) is 2.91. The average Bonchev–Trinajstić information content (AvgIpc) is 2.55. The van der Waals surface area contributed by atoms with Gasteiger partial charge < -0.3 is 10.0 Å². The maximum absolute atomic E-state index is 11.3. The summed E-state index contributed by atoms with van der Waals surface area (Å²) in [4.78, 5) is 24.0. The molecule has 2 rings (SSSR count). The molecule has 4 nitrogen and oxygen atoms in total. The van der Waals surface area contributed by atoms with E-state index >= 15 is 0 Å². The number of carboxylic acids is 1. The Morgan fingerprint density at radius 1 is 1.69 bits per heavy atom. The van der Waals surface area contributed by atoms with E-state index < -0.39 is 5.97 Å². The zero-order chi connectivity index (χ0) is 9.59. The predicted molar refractivity (Wildman–Crippen MR) is 48.9 cm³/mol. The van der Waals surface area contributed by atoms with E-state index in [1.807, 2.05) is 0 Å². The number of fused-ring (bicyclic) bond motifs is 1. The van der Waals surface area contributed by atoms with Crippen LogP contribution in [0.1, 0.15) is 20.0 Å². The van der Waals surface area contributed by atoms with E-state index in [1.165, 1.54) is 0 Å². The van der Waals surface area contributed by atoms with Gasteiger partial charge in [-0.15, -0.1) is 11.3 Å². The standard InChI is InChI=1S/C8H7NO3S/c1-9-2-5(10)4-3-13-7(6(4)9)8(11)12/h3H,2H2,1H3,(H,11,12). The molecule has 0 atom stereocenters. The van der Waals surface area contributed by atoms with Crippen LogP contribution in [0, 0.1) is 0 Å². The number of ketones is 1. The molecule has 0 spiro atoms. The summed E-state index contributed by atoms with van der Waals surface area (Å²) in [5.41, 5.74) is 1.12. The molecule has 13 heavy (non-hydrogen) atoms. The SMILES string of the molecule is CN1CC(=O)c2csc(C(=O)O)c21. The number of likely N-dealkylation sites (N-methyl/N-ethyl adjacent to an activating group) is 1. The zero-order valence-electron chi connectivity index (χ0n) is 6.90. The number of carboxylic acid groups (broad SMARTS) is 1. The Bertz CT molecular complexity index is 396. The number of anilines is 1. The van der Waals surface area contributed by atoms with Gasteiger partial charge in [0.25, 0.3) is 0 Å². The van der Waals surface area contributed by atoms with Crippen LogP contribution in [0.25, 0.3) is 0 Å². The fraction of sp³-hybridized carbons (Fsp3) is 0.250. The van der Waals surface area contributed by atoms with Gasteiger partial charge in [-0.25, -0.2) is 4.79 Å². The van der Waals surface area contributed by atoms with E-state index in [2.05, 4.69) is 0 Å². The first kappa shape index (κ1) is 8.25. The lowest BCUT2D eigenvalue weighted by Crippen LogP contribution is -2.17. The largest absolute Gasteiger partial charge is 0.477 e. The molecule has 0 unspecified atom stereocenters. The lowest BCUT2D eigenvalue weighted by atomic mass is 10.2. The Labute approximate surface area is 78.4 Å². The average molecular weight is 197 g/mol. The van der Waals surface area contributed by atoms with Crippen molar-refractivity contribution in [2.45, 2.75) is 0 Å². The van der Waals surface area contributed by atoms with Gasteiger partial charge in [-0.1, -0.05) is 0 Å². The molecular weight excluding hydrogens is 190 g/mol. The van der Waals surface area contributed by atoms with Crippen LogP contribution in [-0.4, -0.2) is 30.5 Å². The van der Waals surface area contributed by atoms with Crippen molar-refractivity contribution in [1.82, 2.24) is 0 Å². The topological polar surface area (TPSA) is 57.6 Å². The fourth-order valence-electron chi connectivity index (χ4n) is 1.46. The molecule has 0 fully saturated rings. The van der Waals surface area contributed by atoms with E-state index in [0.717, 1.165) is 11.3 Å². The van der Waals surface area contributed by atoms with Crippen LogP contribution >= 0.6 is 11.3 Å². The Hall–Kier alpha value is -1.36. The Kier molecular flexibility index (Phi) is 1.63. The zero-order valence-corrected chi connectivity index (χ0v) is 7.72.